The SMILES string of the molecule is CCOCCN(CC)C(=O)c1cc(S(N)(=O)=O)ccc1F. The number of carbonyl (C=O) groups is 1. The lowest BCUT2D eigenvalue weighted by molar-refractivity contribution is 0.0664. The van der Waals surface area contributed by atoms with Gasteiger partial charge in [0.15, 0.2) is 0 Å². The smallest absolute Gasteiger partial charge is 0.256 e. The van der Waals surface area contributed by atoms with Crippen LogP contribution in [0.5, 0.6) is 0 Å². The number of likely N-dealkylation sites (N-methyl/N-ethyl adjacent to an activating group) is 1. The number of sulfonamides is 1. The number of hydrogen-bond donors (Lipinski definition) is 1. The van der Waals surface area contributed by atoms with Crippen molar-refractivity contribution >= 4 is 15.9 Å². The number of ether oxygens (including phenoxy) is 1. The van der Waals surface area contributed by atoms with Crippen LogP contribution in [0.3, 0.4) is 0 Å². The van der Waals surface area contributed by atoms with E-state index in [1.807, 2.05) is 6.92 Å². The maximum absolute atomic E-state index is 13.8. The van der Waals surface area contributed by atoms with Gasteiger partial charge >= 0.3 is 0 Å². The van der Waals surface area contributed by atoms with Gasteiger partial charge in [-0.15, -0.1) is 0 Å². The Balaban J connectivity index is 3.04. The van der Waals surface area contributed by atoms with Gasteiger partial charge in [-0.2, -0.15) is 0 Å². The molecule has 21 heavy (non-hydrogen) atoms. The standard InChI is InChI=1S/C13H19FN2O4S/c1-3-16(7-8-20-4-2)13(17)11-9-10(21(15,18)19)5-6-12(11)14/h5-6,9H,3-4,7-8H2,1-2H3,(H2,15,18,19). The maximum Gasteiger partial charge on any atom is 0.256 e. The number of halogens is 1. The molecule has 0 aliphatic heterocycles. The second-order valence-electron chi connectivity index (χ2n) is 4.27. The van der Waals surface area contributed by atoms with E-state index < -0.39 is 21.7 Å². The van der Waals surface area contributed by atoms with Gasteiger partial charge in [0.25, 0.3) is 5.91 Å². The summed E-state index contributed by atoms with van der Waals surface area (Å²) in [5, 5.41) is 4.99. The number of nitrogens with zero attached hydrogens (tertiary/aromatic N) is 1. The monoisotopic (exact) mass is 318 g/mol. The third kappa shape index (κ3) is 4.76. The van der Waals surface area contributed by atoms with E-state index in [2.05, 4.69) is 0 Å². The molecule has 0 aliphatic rings. The zero-order valence-corrected chi connectivity index (χ0v) is 12.8. The topological polar surface area (TPSA) is 89.7 Å². The highest BCUT2D eigenvalue weighted by Crippen LogP contribution is 2.16. The van der Waals surface area contributed by atoms with Crippen LogP contribution < -0.4 is 5.14 Å². The normalized spacial score (nSPS) is 11.4. The molecule has 0 heterocycles. The van der Waals surface area contributed by atoms with Crippen molar-refractivity contribution in [3.05, 3.63) is 29.6 Å². The molecular weight excluding hydrogens is 299 g/mol. The first-order valence-electron chi connectivity index (χ1n) is 6.50. The summed E-state index contributed by atoms with van der Waals surface area (Å²) in [5.74, 6) is -1.39. The molecule has 0 unspecified atom stereocenters. The summed E-state index contributed by atoms with van der Waals surface area (Å²) in [5.41, 5.74) is -0.320. The third-order valence-corrected chi connectivity index (χ3v) is 3.79. The first-order valence-corrected chi connectivity index (χ1v) is 8.05. The lowest BCUT2D eigenvalue weighted by Gasteiger charge is -2.21. The van der Waals surface area contributed by atoms with Crippen molar-refractivity contribution < 1.29 is 22.3 Å². The fraction of sp³-hybridized carbons (Fsp3) is 0.462. The molecule has 1 aromatic rings. The van der Waals surface area contributed by atoms with E-state index in [-0.39, 0.29) is 10.5 Å². The largest absolute Gasteiger partial charge is 0.380 e. The van der Waals surface area contributed by atoms with Gasteiger partial charge in [0.2, 0.25) is 10.0 Å². The fourth-order valence-corrected chi connectivity index (χ4v) is 2.28. The highest BCUT2D eigenvalue weighted by atomic mass is 32.2. The highest BCUT2D eigenvalue weighted by molar-refractivity contribution is 7.89. The first kappa shape index (κ1) is 17.5. The van der Waals surface area contributed by atoms with Crippen molar-refractivity contribution in [1.82, 2.24) is 4.90 Å². The molecule has 0 radical (unpaired) electrons. The van der Waals surface area contributed by atoms with Crippen molar-refractivity contribution in [2.45, 2.75) is 18.7 Å². The molecule has 0 bridgehead atoms. The summed E-state index contributed by atoms with van der Waals surface area (Å²) in [6.45, 7) is 5.05. The molecule has 6 nitrogen and oxygen atoms in total. The lowest BCUT2D eigenvalue weighted by Crippen LogP contribution is -2.34. The summed E-state index contributed by atoms with van der Waals surface area (Å²) in [6, 6.07) is 2.90. The Morgan fingerprint density at radius 1 is 1.38 bits per heavy atom. The summed E-state index contributed by atoms with van der Waals surface area (Å²) in [4.78, 5) is 13.3. The van der Waals surface area contributed by atoms with E-state index in [0.29, 0.717) is 26.3 Å². The van der Waals surface area contributed by atoms with E-state index in [1.54, 1.807) is 6.92 Å². The molecule has 0 atom stereocenters. The first-order chi connectivity index (χ1) is 9.81. The summed E-state index contributed by atoms with van der Waals surface area (Å²) >= 11 is 0. The number of rotatable bonds is 7. The molecule has 0 aliphatic carbocycles. The van der Waals surface area contributed by atoms with Crippen LogP contribution >= 0.6 is 0 Å². The van der Waals surface area contributed by atoms with Crippen LogP contribution in [-0.2, 0) is 14.8 Å². The number of nitrogens with two attached hydrogens (primary N) is 1. The van der Waals surface area contributed by atoms with E-state index in [1.165, 1.54) is 4.90 Å². The minimum Gasteiger partial charge on any atom is -0.380 e. The Bertz CT molecular complexity index is 604. The minimum absolute atomic E-state index is 0.294. The number of carbonyl (C=O) groups excluding carboxylic acids is 1. The van der Waals surface area contributed by atoms with Gasteiger partial charge in [-0.1, -0.05) is 0 Å². The van der Waals surface area contributed by atoms with Crippen LogP contribution in [0.1, 0.15) is 24.2 Å². The molecular formula is C13H19FN2O4S. The highest BCUT2D eigenvalue weighted by Gasteiger charge is 2.20. The molecule has 0 spiro atoms. The Morgan fingerprint density at radius 3 is 2.57 bits per heavy atom. The molecule has 1 amide bonds. The van der Waals surface area contributed by atoms with E-state index in [0.717, 1.165) is 18.2 Å². The van der Waals surface area contributed by atoms with Gasteiger partial charge in [-0.05, 0) is 32.0 Å². The molecule has 1 aromatic carbocycles. The zero-order valence-electron chi connectivity index (χ0n) is 12.0. The van der Waals surface area contributed by atoms with Gasteiger partial charge in [0.1, 0.15) is 5.82 Å². The van der Waals surface area contributed by atoms with Crippen LogP contribution in [0.25, 0.3) is 0 Å². The lowest BCUT2D eigenvalue weighted by atomic mass is 10.2. The maximum atomic E-state index is 13.8. The Kier molecular flexibility index (Phi) is 6.25. The quantitative estimate of drug-likeness (QED) is 0.759. The Morgan fingerprint density at radius 2 is 2.05 bits per heavy atom. The zero-order chi connectivity index (χ0) is 16.0. The third-order valence-electron chi connectivity index (χ3n) is 2.88. The van der Waals surface area contributed by atoms with Crippen molar-refractivity contribution in [2.75, 3.05) is 26.3 Å². The Hall–Kier alpha value is -1.51. The minimum atomic E-state index is -3.99. The number of amides is 1. The van der Waals surface area contributed by atoms with E-state index in [4.69, 9.17) is 9.88 Å². The average molecular weight is 318 g/mol. The predicted octanol–water partition coefficient (Wildman–Crippen LogP) is 0.972. The summed E-state index contributed by atoms with van der Waals surface area (Å²) in [7, 11) is -3.99. The van der Waals surface area contributed by atoms with Gasteiger partial charge in [0, 0.05) is 19.7 Å². The van der Waals surface area contributed by atoms with Crippen molar-refractivity contribution in [1.29, 1.82) is 0 Å². The molecule has 1 rings (SSSR count). The molecule has 0 fully saturated rings. The number of hydrogen-bond acceptors (Lipinski definition) is 4. The van der Waals surface area contributed by atoms with Gasteiger partial charge in [-0.25, -0.2) is 17.9 Å². The predicted molar refractivity (Wildman–Crippen MR) is 75.8 cm³/mol. The molecule has 0 saturated heterocycles. The van der Waals surface area contributed by atoms with Crippen molar-refractivity contribution in [3.63, 3.8) is 0 Å². The van der Waals surface area contributed by atoms with Crippen LogP contribution in [-0.4, -0.2) is 45.5 Å². The summed E-state index contributed by atoms with van der Waals surface area (Å²) < 4.78 is 41.5. The van der Waals surface area contributed by atoms with Gasteiger partial charge in [-0.3, -0.25) is 4.79 Å². The summed E-state index contributed by atoms with van der Waals surface area (Å²) in [6.07, 6.45) is 0. The second-order valence-corrected chi connectivity index (χ2v) is 5.83. The van der Waals surface area contributed by atoms with E-state index in [9.17, 15) is 17.6 Å². The van der Waals surface area contributed by atoms with E-state index >= 15 is 0 Å². The molecule has 2 N–H and O–H groups in total. The van der Waals surface area contributed by atoms with Crippen molar-refractivity contribution in [2.24, 2.45) is 5.14 Å². The van der Waals surface area contributed by atoms with Crippen molar-refractivity contribution in [3.8, 4) is 0 Å². The number of primary sulfonamides is 1. The fourth-order valence-electron chi connectivity index (χ4n) is 1.74. The Labute approximate surface area is 123 Å². The molecule has 0 aromatic heterocycles. The van der Waals surface area contributed by atoms with Crippen LogP contribution in [0.2, 0.25) is 0 Å². The number of benzene rings is 1. The van der Waals surface area contributed by atoms with Crippen LogP contribution in [0.15, 0.2) is 23.1 Å². The molecule has 0 saturated carbocycles. The van der Waals surface area contributed by atoms with Gasteiger partial charge in [0.05, 0.1) is 17.1 Å². The van der Waals surface area contributed by atoms with Crippen LogP contribution in [0.4, 0.5) is 4.39 Å². The second kappa shape index (κ2) is 7.48. The van der Waals surface area contributed by atoms with Crippen LogP contribution in [0, 0.1) is 5.82 Å². The molecule has 8 heteroatoms. The average Bonchev–Trinajstić information content (AvgIpc) is 2.42. The van der Waals surface area contributed by atoms with Gasteiger partial charge < -0.3 is 9.64 Å². The molecule has 118 valence electrons.